The second-order valence-corrected chi connectivity index (χ2v) is 2.58. The zero-order valence-electron chi connectivity index (χ0n) is 8.64. The van der Waals surface area contributed by atoms with Crippen molar-refractivity contribution in [3.8, 4) is 0 Å². The van der Waals surface area contributed by atoms with E-state index in [1.54, 1.807) is 21.0 Å². The van der Waals surface area contributed by atoms with Crippen LogP contribution in [0.1, 0.15) is 13.8 Å². The number of likely N-dealkylation sites (N-methyl/N-ethyl adjacent to an activating group) is 1. The van der Waals surface area contributed by atoms with Gasteiger partial charge in [0.2, 0.25) is 5.91 Å². The van der Waals surface area contributed by atoms with Crippen molar-refractivity contribution in [1.29, 1.82) is 0 Å². The predicted molar refractivity (Wildman–Crippen MR) is 53.7 cm³/mol. The van der Waals surface area contributed by atoms with Crippen molar-refractivity contribution in [3.63, 3.8) is 0 Å². The van der Waals surface area contributed by atoms with Crippen LogP contribution < -0.4 is 16.0 Å². The highest BCUT2D eigenvalue weighted by molar-refractivity contribution is 5.88. The van der Waals surface area contributed by atoms with Gasteiger partial charge in [0.1, 0.15) is 6.04 Å². The first kappa shape index (κ1) is 11.7. The molecule has 0 bridgehead atoms. The minimum atomic E-state index is -0.272. The van der Waals surface area contributed by atoms with Crippen LogP contribution in [0.2, 0.25) is 0 Å². The molecule has 1 amide bonds. The average molecular weight is 186 g/mol. The minimum absolute atomic E-state index is 0.0288. The number of amides is 1. The molecule has 13 heavy (non-hydrogen) atoms. The molecule has 0 saturated heterocycles. The first-order valence-corrected chi connectivity index (χ1v) is 4.34. The van der Waals surface area contributed by atoms with Crippen LogP contribution >= 0.6 is 0 Å². The molecule has 0 rings (SSSR count). The normalized spacial score (nSPS) is 13.4. The third-order valence-electron chi connectivity index (χ3n) is 1.56. The summed E-state index contributed by atoms with van der Waals surface area (Å²) < 4.78 is 0. The van der Waals surface area contributed by atoms with E-state index >= 15 is 0 Å². The Bertz CT molecular complexity index is 191. The summed E-state index contributed by atoms with van der Waals surface area (Å²) in [6, 6.07) is -0.272. The zero-order chi connectivity index (χ0) is 10.3. The fourth-order valence-electron chi connectivity index (χ4n) is 0.846. The fourth-order valence-corrected chi connectivity index (χ4v) is 0.846. The van der Waals surface area contributed by atoms with E-state index in [-0.39, 0.29) is 11.9 Å². The van der Waals surface area contributed by atoms with E-state index < -0.39 is 0 Å². The van der Waals surface area contributed by atoms with Crippen molar-refractivity contribution in [3.05, 3.63) is 0 Å². The highest BCUT2D eigenvalue weighted by Crippen LogP contribution is 1.81. The molecule has 0 spiro atoms. The van der Waals surface area contributed by atoms with Gasteiger partial charge in [-0.3, -0.25) is 9.79 Å². The van der Waals surface area contributed by atoms with Crippen molar-refractivity contribution in [2.24, 2.45) is 4.99 Å². The lowest BCUT2D eigenvalue weighted by Crippen LogP contribution is -2.48. The molecule has 0 aliphatic heterocycles. The highest BCUT2D eigenvalue weighted by atomic mass is 16.2. The summed E-state index contributed by atoms with van der Waals surface area (Å²) in [6.45, 7) is 4.31. The molecule has 0 saturated carbocycles. The zero-order valence-corrected chi connectivity index (χ0v) is 8.64. The Morgan fingerprint density at radius 2 is 2.15 bits per heavy atom. The van der Waals surface area contributed by atoms with E-state index in [1.165, 1.54) is 0 Å². The molecular weight excluding hydrogens is 168 g/mol. The summed E-state index contributed by atoms with van der Waals surface area (Å²) in [7, 11) is 3.41. The summed E-state index contributed by atoms with van der Waals surface area (Å²) >= 11 is 0. The Kier molecular flexibility index (Phi) is 5.67. The Morgan fingerprint density at radius 1 is 1.54 bits per heavy atom. The second-order valence-electron chi connectivity index (χ2n) is 2.58. The second kappa shape index (κ2) is 6.28. The number of aliphatic imine (C=N–C) groups is 1. The summed E-state index contributed by atoms with van der Waals surface area (Å²) in [6.07, 6.45) is 0. The molecule has 0 fully saturated rings. The molecule has 1 atom stereocenters. The van der Waals surface area contributed by atoms with Gasteiger partial charge in [0.25, 0.3) is 0 Å². The van der Waals surface area contributed by atoms with Gasteiger partial charge >= 0.3 is 0 Å². The van der Waals surface area contributed by atoms with Crippen LogP contribution in [0.5, 0.6) is 0 Å². The average Bonchev–Trinajstić information content (AvgIpc) is 2.14. The van der Waals surface area contributed by atoms with E-state index in [1.807, 2.05) is 6.92 Å². The smallest absolute Gasteiger partial charge is 0.242 e. The number of carbonyl (C=O) groups is 1. The van der Waals surface area contributed by atoms with Crippen LogP contribution in [-0.4, -0.2) is 38.5 Å². The molecule has 5 nitrogen and oxygen atoms in total. The van der Waals surface area contributed by atoms with Gasteiger partial charge in [0.05, 0.1) is 0 Å². The minimum Gasteiger partial charge on any atom is -0.359 e. The maximum absolute atomic E-state index is 11.3. The van der Waals surface area contributed by atoms with Crippen molar-refractivity contribution < 1.29 is 4.79 Å². The predicted octanol–water partition coefficient (Wildman–Crippen LogP) is -0.694. The van der Waals surface area contributed by atoms with Crippen LogP contribution in [-0.2, 0) is 4.79 Å². The van der Waals surface area contributed by atoms with E-state index in [4.69, 9.17) is 0 Å². The quantitative estimate of drug-likeness (QED) is 0.403. The Balaban J connectivity index is 3.98. The van der Waals surface area contributed by atoms with E-state index in [9.17, 15) is 4.79 Å². The van der Waals surface area contributed by atoms with Crippen molar-refractivity contribution in [2.45, 2.75) is 19.9 Å². The maximum atomic E-state index is 11.3. The molecule has 0 aromatic heterocycles. The Hall–Kier alpha value is -1.26. The van der Waals surface area contributed by atoms with Crippen molar-refractivity contribution >= 4 is 11.9 Å². The molecule has 0 aromatic rings. The summed E-state index contributed by atoms with van der Waals surface area (Å²) in [5, 5.41) is 8.48. The van der Waals surface area contributed by atoms with Crippen LogP contribution in [0.3, 0.4) is 0 Å². The molecule has 0 aromatic carbocycles. The number of carbonyl (C=O) groups excluding carboxylic acids is 1. The van der Waals surface area contributed by atoms with Crippen LogP contribution in [0, 0.1) is 0 Å². The summed E-state index contributed by atoms with van der Waals surface area (Å²) in [5.74, 6) is 0.581. The fraction of sp³-hybridized carbons (Fsp3) is 0.750. The lowest BCUT2D eigenvalue weighted by Gasteiger charge is -2.15. The molecule has 0 aliphatic carbocycles. The number of nitrogens with zero attached hydrogens (tertiary/aromatic N) is 1. The molecule has 5 heteroatoms. The molecular formula is C8H18N4O. The lowest BCUT2D eigenvalue weighted by atomic mass is 10.3. The topological polar surface area (TPSA) is 65.5 Å². The van der Waals surface area contributed by atoms with Gasteiger partial charge in [0, 0.05) is 20.6 Å². The number of guanidine groups is 1. The van der Waals surface area contributed by atoms with Crippen LogP contribution in [0.25, 0.3) is 0 Å². The summed E-state index contributed by atoms with van der Waals surface area (Å²) in [4.78, 5) is 15.2. The van der Waals surface area contributed by atoms with Gasteiger partial charge in [-0.05, 0) is 13.8 Å². The molecule has 0 heterocycles. The van der Waals surface area contributed by atoms with Gasteiger partial charge in [-0.25, -0.2) is 0 Å². The highest BCUT2D eigenvalue weighted by Gasteiger charge is 2.11. The van der Waals surface area contributed by atoms with E-state index in [0.717, 1.165) is 0 Å². The molecule has 1 unspecified atom stereocenters. The Morgan fingerprint density at radius 3 is 2.54 bits per heavy atom. The number of hydrogen-bond donors (Lipinski definition) is 3. The van der Waals surface area contributed by atoms with Gasteiger partial charge < -0.3 is 16.0 Å². The SMILES string of the molecule is CCNC(=O)C(C)NC(=NC)NC. The first-order chi connectivity index (χ1) is 6.15. The molecule has 3 N–H and O–H groups in total. The van der Waals surface area contributed by atoms with Crippen molar-refractivity contribution in [1.82, 2.24) is 16.0 Å². The van der Waals surface area contributed by atoms with Gasteiger partial charge in [-0.2, -0.15) is 0 Å². The number of rotatable bonds is 3. The largest absolute Gasteiger partial charge is 0.359 e. The molecule has 76 valence electrons. The third kappa shape index (κ3) is 4.35. The first-order valence-electron chi connectivity index (χ1n) is 4.34. The van der Waals surface area contributed by atoms with Gasteiger partial charge in [-0.1, -0.05) is 0 Å². The standard InChI is InChI=1S/C8H18N4O/c1-5-11-7(13)6(2)12-8(9-3)10-4/h6H,5H2,1-4H3,(H,11,13)(H2,9,10,12). The van der Waals surface area contributed by atoms with E-state index in [2.05, 4.69) is 20.9 Å². The lowest BCUT2D eigenvalue weighted by molar-refractivity contribution is -0.122. The Labute approximate surface area is 79.0 Å². The van der Waals surface area contributed by atoms with Gasteiger partial charge in [-0.15, -0.1) is 0 Å². The number of nitrogens with one attached hydrogen (secondary N) is 3. The van der Waals surface area contributed by atoms with Gasteiger partial charge in [0.15, 0.2) is 5.96 Å². The molecule has 0 aliphatic rings. The third-order valence-corrected chi connectivity index (χ3v) is 1.56. The van der Waals surface area contributed by atoms with Crippen LogP contribution in [0.15, 0.2) is 4.99 Å². The number of hydrogen-bond acceptors (Lipinski definition) is 2. The van der Waals surface area contributed by atoms with E-state index in [0.29, 0.717) is 12.5 Å². The summed E-state index contributed by atoms with van der Waals surface area (Å²) in [5.41, 5.74) is 0. The monoisotopic (exact) mass is 186 g/mol. The van der Waals surface area contributed by atoms with Crippen molar-refractivity contribution in [2.75, 3.05) is 20.6 Å². The maximum Gasteiger partial charge on any atom is 0.242 e. The van der Waals surface area contributed by atoms with Crippen LogP contribution in [0.4, 0.5) is 0 Å². The molecule has 0 radical (unpaired) electrons.